The van der Waals surface area contributed by atoms with Gasteiger partial charge in [0.15, 0.2) is 0 Å². The van der Waals surface area contributed by atoms with Gasteiger partial charge in [0.1, 0.15) is 21.2 Å². The van der Waals surface area contributed by atoms with Crippen LogP contribution in [0.1, 0.15) is 46.1 Å². The van der Waals surface area contributed by atoms with Crippen molar-refractivity contribution in [2.24, 2.45) is 10.9 Å². The molecule has 47 heavy (non-hydrogen) atoms. The summed E-state index contributed by atoms with van der Waals surface area (Å²) in [6.07, 6.45) is 5.40. The van der Waals surface area contributed by atoms with Crippen LogP contribution in [0.4, 0.5) is 0 Å². The number of amides is 2. The van der Waals surface area contributed by atoms with E-state index >= 15 is 0 Å². The van der Waals surface area contributed by atoms with E-state index in [0.29, 0.717) is 75.1 Å². The van der Waals surface area contributed by atoms with Crippen molar-refractivity contribution in [3.05, 3.63) is 86.1 Å². The number of aromatic nitrogens is 2. The fraction of sp³-hybridized carbons (Fsp3) is 0.400. The van der Waals surface area contributed by atoms with Crippen LogP contribution >= 0.6 is 22.7 Å². The van der Waals surface area contributed by atoms with Gasteiger partial charge in [-0.15, -0.1) is 22.7 Å². The Balaban J connectivity index is 1.03. The lowest BCUT2D eigenvalue weighted by molar-refractivity contribution is -0.142. The van der Waals surface area contributed by atoms with Gasteiger partial charge < -0.3 is 24.5 Å². The fourth-order valence-electron chi connectivity index (χ4n) is 6.90. The molecule has 3 aliphatic heterocycles. The van der Waals surface area contributed by atoms with Crippen molar-refractivity contribution < 1.29 is 19.4 Å². The van der Waals surface area contributed by atoms with Crippen LogP contribution in [0.2, 0.25) is 0 Å². The molecule has 0 unspecified atom stereocenters. The van der Waals surface area contributed by atoms with Gasteiger partial charge in [-0.2, -0.15) is 0 Å². The van der Waals surface area contributed by atoms with Crippen molar-refractivity contribution >= 4 is 40.7 Å². The molecule has 0 radical (unpaired) electrons. The van der Waals surface area contributed by atoms with Crippen molar-refractivity contribution in [2.45, 2.75) is 37.7 Å². The zero-order chi connectivity index (χ0) is 32.5. The summed E-state index contributed by atoms with van der Waals surface area (Å²) in [6, 6.07) is 15.8. The van der Waals surface area contributed by atoms with Crippen LogP contribution < -0.4 is 14.6 Å². The Morgan fingerprint density at radius 3 is 2.62 bits per heavy atom. The Morgan fingerprint density at radius 1 is 1.06 bits per heavy atom. The number of thiophene rings is 1. The summed E-state index contributed by atoms with van der Waals surface area (Å²) in [5.74, 6) is 0.192. The van der Waals surface area contributed by atoms with Crippen LogP contribution in [0.15, 0.2) is 65.1 Å². The summed E-state index contributed by atoms with van der Waals surface area (Å²) in [4.78, 5) is 48.2. The predicted molar refractivity (Wildman–Crippen MR) is 182 cm³/mol. The number of likely N-dealkylation sites (tertiary alicyclic amines) is 2. The van der Waals surface area contributed by atoms with Crippen LogP contribution in [0.5, 0.6) is 5.88 Å². The number of aliphatic hydroxyl groups is 1. The lowest BCUT2D eigenvalue weighted by Gasteiger charge is -2.44. The average molecular weight is 671 g/mol. The molecule has 12 heteroatoms. The molecule has 2 amide bonds. The number of methoxy groups -OCH3 is 1. The Kier molecular flexibility index (Phi) is 8.82. The van der Waals surface area contributed by atoms with E-state index < -0.39 is 5.60 Å². The highest BCUT2D eigenvalue weighted by molar-refractivity contribution is 7.17. The summed E-state index contributed by atoms with van der Waals surface area (Å²) in [5, 5.41) is 15.4. The molecule has 10 nitrogen and oxygen atoms in total. The third kappa shape index (κ3) is 6.54. The van der Waals surface area contributed by atoms with Crippen LogP contribution in [-0.2, 0) is 4.79 Å². The number of hydrogen-bond donors (Lipinski definition) is 1. The first-order chi connectivity index (χ1) is 22.8. The quantitative estimate of drug-likeness (QED) is 0.321. The normalized spacial score (nSPS) is 20.6. The van der Waals surface area contributed by atoms with Gasteiger partial charge in [-0.05, 0) is 49.3 Å². The number of hydrogen-bond acceptors (Lipinski definition) is 10. The molecule has 6 heterocycles. The predicted octanol–water partition coefficient (Wildman–Crippen LogP) is 3.51. The molecule has 0 aliphatic carbocycles. The number of carbonyl (C=O) groups is 2. The van der Waals surface area contributed by atoms with Gasteiger partial charge in [0, 0.05) is 73.8 Å². The summed E-state index contributed by atoms with van der Waals surface area (Å²) in [7, 11) is 1.57. The maximum atomic E-state index is 14.1. The van der Waals surface area contributed by atoms with Gasteiger partial charge in [-0.1, -0.05) is 30.3 Å². The van der Waals surface area contributed by atoms with Crippen LogP contribution in [0, 0.1) is 12.8 Å². The van der Waals surface area contributed by atoms with Crippen molar-refractivity contribution in [3.63, 3.8) is 0 Å². The molecule has 0 saturated carbocycles. The van der Waals surface area contributed by atoms with Crippen molar-refractivity contribution in [3.8, 4) is 16.5 Å². The number of carbonyl (C=O) groups excluding carboxylic acids is 2. The highest BCUT2D eigenvalue weighted by Crippen LogP contribution is 2.37. The second kappa shape index (κ2) is 13.2. The highest BCUT2D eigenvalue weighted by Gasteiger charge is 2.42. The molecular formula is C35H38N6O4S2. The average Bonchev–Trinajstić information content (AvgIpc) is 3.74. The monoisotopic (exact) mass is 670 g/mol. The van der Waals surface area contributed by atoms with Crippen molar-refractivity contribution in [1.29, 1.82) is 0 Å². The largest absolute Gasteiger partial charge is 0.481 e. The maximum Gasteiger partial charge on any atom is 0.265 e. The van der Waals surface area contributed by atoms with Crippen molar-refractivity contribution in [1.82, 2.24) is 24.7 Å². The van der Waals surface area contributed by atoms with Crippen LogP contribution in [0.25, 0.3) is 16.8 Å². The minimum atomic E-state index is -0.877. The van der Waals surface area contributed by atoms with Crippen LogP contribution in [-0.4, -0.2) is 93.7 Å². The molecule has 1 N–H and O–H groups in total. The minimum Gasteiger partial charge on any atom is -0.481 e. The summed E-state index contributed by atoms with van der Waals surface area (Å²) < 4.78 is 6.21. The van der Waals surface area contributed by atoms with Gasteiger partial charge in [0.25, 0.3) is 5.91 Å². The number of nitrogens with zero attached hydrogens (tertiary/aromatic N) is 6. The molecule has 3 aromatic heterocycles. The lowest BCUT2D eigenvalue weighted by atomic mass is 9.79. The lowest BCUT2D eigenvalue weighted by Crippen LogP contribution is -2.54. The van der Waals surface area contributed by atoms with E-state index in [0.717, 1.165) is 26.0 Å². The summed E-state index contributed by atoms with van der Waals surface area (Å²) in [5.41, 5.74) is 1.70. The van der Waals surface area contributed by atoms with Gasteiger partial charge in [-0.3, -0.25) is 14.6 Å². The zero-order valence-corrected chi connectivity index (χ0v) is 28.2. The second-order valence-electron chi connectivity index (χ2n) is 12.6. The number of benzene rings is 1. The minimum absolute atomic E-state index is 0.0570. The molecular weight excluding hydrogens is 633 g/mol. The van der Waals surface area contributed by atoms with E-state index in [9.17, 15) is 14.7 Å². The Labute approximate surface area is 281 Å². The maximum absolute atomic E-state index is 14.1. The summed E-state index contributed by atoms with van der Waals surface area (Å²) in [6.45, 7) is 4.86. The van der Waals surface area contributed by atoms with Gasteiger partial charge >= 0.3 is 0 Å². The molecule has 1 aromatic carbocycles. The third-order valence-corrected chi connectivity index (χ3v) is 11.6. The number of ether oxygens (including phenoxy) is 1. The first-order valence-electron chi connectivity index (χ1n) is 16.0. The molecule has 2 saturated heterocycles. The number of thiazole rings is 1. The number of fused-ring (bicyclic) bond motifs is 1. The Morgan fingerprint density at radius 2 is 1.87 bits per heavy atom. The second-order valence-corrected chi connectivity index (χ2v) is 14.5. The number of piperidine rings is 2. The number of β-amino-alcohol motifs (C(OH)–C–C–N with tert-alkyl or cyclic N) is 1. The molecule has 4 aromatic rings. The SMILES string of the molecule is COc1ccc(-c2nc(C)c(C(=O)N3CC[C@@H](C(=O)N4CCC(O)(CN5C=c6ccsc6=NC5)CC4)[C@H](c4ccccc4)C3)s2)cn1. The number of rotatable bonds is 7. The van der Waals surface area contributed by atoms with E-state index in [1.54, 1.807) is 30.7 Å². The number of pyridine rings is 1. The third-order valence-electron chi connectivity index (χ3n) is 9.52. The first kappa shape index (κ1) is 31.5. The molecule has 0 spiro atoms. The molecule has 7 rings (SSSR count). The Hall–Kier alpha value is -4.13. The number of aryl methyl sites for hydroxylation is 1. The first-order valence-corrected chi connectivity index (χ1v) is 17.7. The van der Waals surface area contributed by atoms with E-state index in [4.69, 9.17) is 4.74 Å². The molecule has 3 aliphatic rings. The molecule has 2 atom stereocenters. The topological polar surface area (TPSA) is 111 Å². The molecule has 2 fully saturated rings. The molecule has 0 bridgehead atoms. The van der Waals surface area contributed by atoms with E-state index in [1.807, 2.05) is 46.4 Å². The molecule has 244 valence electrons. The van der Waals surface area contributed by atoms with E-state index in [2.05, 4.69) is 44.3 Å². The van der Waals surface area contributed by atoms with Crippen LogP contribution in [0.3, 0.4) is 0 Å². The van der Waals surface area contributed by atoms with E-state index in [1.165, 1.54) is 11.3 Å². The smallest absolute Gasteiger partial charge is 0.265 e. The standard InChI is InChI=1S/C35H38N6O4S2/c1-23-30(47-32(38-23)25-8-9-29(45-2)36-18-25)34(43)41-14-10-27(28(20-41)24-6-4-3-5-7-24)33(42)40-15-12-35(44,13-16-40)21-39-19-26-11-17-46-31(26)37-22-39/h3-9,11,17-19,27-28,44H,10,12-16,20-22H2,1-2H3/t27-,28+/m1/s1. The van der Waals surface area contributed by atoms with Gasteiger partial charge in [0.05, 0.1) is 18.4 Å². The van der Waals surface area contributed by atoms with Crippen molar-refractivity contribution in [2.75, 3.05) is 46.5 Å². The van der Waals surface area contributed by atoms with Gasteiger partial charge in [-0.25, -0.2) is 9.97 Å². The highest BCUT2D eigenvalue weighted by atomic mass is 32.1. The van der Waals surface area contributed by atoms with Gasteiger partial charge in [0.2, 0.25) is 11.8 Å². The van der Waals surface area contributed by atoms with E-state index in [-0.39, 0.29) is 23.7 Å². The summed E-state index contributed by atoms with van der Waals surface area (Å²) >= 11 is 3.00. The fourth-order valence-corrected chi connectivity index (χ4v) is 8.66. The zero-order valence-electron chi connectivity index (χ0n) is 26.5. The Bertz CT molecular complexity index is 1870.